The third-order valence-corrected chi connectivity index (χ3v) is 4.31. The van der Waals surface area contributed by atoms with Crippen molar-refractivity contribution in [1.82, 2.24) is 5.32 Å². The van der Waals surface area contributed by atoms with E-state index in [1.165, 1.54) is 0 Å². The maximum atomic E-state index is 12.2. The molecule has 0 radical (unpaired) electrons. The first kappa shape index (κ1) is 15.9. The SMILES string of the molecule is O=C(Cc1cccc2ccccc12)NCc1ccc(Cl)cc1Cl. The van der Waals surface area contributed by atoms with Crippen molar-refractivity contribution in [3.63, 3.8) is 0 Å². The Balaban J connectivity index is 1.69. The van der Waals surface area contributed by atoms with Crippen molar-refractivity contribution in [2.24, 2.45) is 0 Å². The van der Waals surface area contributed by atoms with Crippen molar-refractivity contribution >= 4 is 39.9 Å². The van der Waals surface area contributed by atoms with Crippen LogP contribution in [0.3, 0.4) is 0 Å². The maximum absolute atomic E-state index is 12.2. The first-order valence-electron chi connectivity index (χ1n) is 7.31. The van der Waals surface area contributed by atoms with Crippen LogP contribution in [0.2, 0.25) is 10.0 Å². The van der Waals surface area contributed by atoms with Crippen LogP contribution >= 0.6 is 23.2 Å². The number of halogens is 2. The second-order valence-corrected chi connectivity index (χ2v) is 6.17. The minimum atomic E-state index is -0.0348. The fourth-order valence-corrected chi connectivity index (χ4v) is 3.02. The summed E-state index contributed by atoms with van der Waals surface area (Å²) in [6.45, 7) is 0.388. The van der Waals surface area contributed by atoms with Gasteiger partial charge in [0.05, 0.1) is 6.42 Å². The van der Waals surface area contributed by atoms with Gasteiger partial charge in [-0.3, -0.25) is 4.79 Å². The predicted molar refractivity (Wildman–Crippen MR) is 96.0 cm³/mol. The summed E-state index contributed by atoms with van der Waals surface area (Å²) in [5.74, 6) is -0.0348. The summed E-state index contributed by atoms with van der Waals surface area (Å²) in [4.78, 5) is 12.2. The van der Waals surface area contributed by atoms with E-state index in [0.29, 0.717) is 23.0 Å². The van der Waals surface area contributed by atoms with Crippen molar-refractivity contribution in [2.75, 3.05) is 0 Å². The fourth-order valence-electron chi connectivity index (χ4n) is 2.54. The van der Waals surface area contributed by atoms with E-state index >= 15 is 0 Å². The molecular formula is C19H15Cl2NO. The lowest BCUT2D eigenvalue weighted by Crippen LogP contribution is -2.24. The molecule has 0 fully saturated rings. The first-order valence-corrected chi connectivity index (χ1v) is 8.06. The van der Waals surface area contributed by atoms with Gasteiger partial charge in [0.2, 0.25) is 5.91 Å². The maximum Gasteiger partial charge on any atom is 0.224 e. The summed E-state index contributed by atoms with van der Waals surface area (Å²) < 4.78 is 0. The fraction of sp³-hybridized carbons (Fsp3) is 0.105. The molecule has 3 aromatic carbocycles. The van der Waals surface area contributed by atoms with Gasteiger partial charge < -0.3 is 5.32 Å². The lowest BCUT2D eigenvalue weighted by molar-refractivity contribution is -0.120. The Labute approximate surface area is 145 Å². The number of amides is 1. The van der Waals surface area contributed by atoms with Crippen LogP contribution in [0.25, 0.3) is 10.8 Å². The third-order valence-electron chi connectivity index (χ3n) is 3.72. The highest BCUT2D eigenvalue weighted by Crippen LogP contribution is 2.21. The Morgan fingerprint density at radius 2 is 1.70 bits per heavy atom. The van der Waals surface area contributed by atoms with Crippen molar-refractivity contribution in [3.05, 3.63) is 81.8 Å². The zero-order valence-electron chi connectivity index (χ0n) is 12.4. The van der Waals surface area contributed by atoms with Crippen molar-refractivity contribution in [3.8, 4) is 0 Å². The largest absolute Gasteiger partial charge is 0.352 e. The molecule has 0 atom stereocenters. The summed E-state index contributed by atoms with van der Waals surface area (Å²) in [7, 11) is 0. The molecule has 3 aromatic rings. The average molecular weight is 344 g/mol. The number of carbonyl (C=O) groups excluding carboxylic acids is 1. The number of hydrogen-bond acceptors (Lipinski definition) is 1. The lowest BCUT2D eigenvalue weighted by Gasteiger charge is -2.09. The highest BCUT2D eigenvalue weighted by molar-refractivity contribution is 6.35. The molecule has 1 N–H and O–H groups in total. The van der Waals surface area contributed by atoms with Gasteiger partial charge >= 0.3 is 0 Å². The zero-order chi connectivity index (χ0) is 16.2. The highest BCUT2D eigenvalue weighted by atomic mass is 35.5. The van der Waals surface area contributed by atoms with Crippen molar-refractivity contribution in [2.45, 2.75) is 13.0 Å². The quantitative estimate of drug-likeness (QED) is 0.709. The summed E-state index contributed by atoms with van der Waals surface area (Å²) in [6.07, 6.45) is 0.340. The lowest BCUT2D eigenvalue weighted by atomic mass is 10.0. The van der Waals surface area contributed by atoms with E-state index in [1.54, 1.807) is 12.1 Å². The van der Waals surface area contributed by atoms with Crippen LogP contribution in [-0.2, 0) is 17.8 Å². The molecule has 2 nitrogen and oxygen atoms in total. The second-order valence-electron chi connectivity index (χ2n) is 5.33. The van der Waals surface area contributed by atoms with Crippen LogP contribution in [0.5, 0.6) is 0 Å². The van der Waals surface area contributed by atoms with Gasteiger partial charge in [-0.2, -0.15) is 0 Å². The molecule has 4 heteroatoms. The van der Waals surface area contributed by atoms with E-state index in [9.17, 15) is 4.79 Å². The second kappa shape index (κ2) is 7.03. The van der Waals surface area contributed by atoms with Gasteiger partial charge in [-0.05, 0) is 34.0 Å². The molecule has 23 heavy (non-hydrogen) atoms. The van der Waals surface area contributed by atoms with E-state index in [1.807, 2.05) is 48.5 Å². The molecule has 0 aliphatic heterocycles. The Morgan fingerprint density at radius 1 is 0.913 bits per heavy atom. The Kier molecular flexibility index (Phi) is 4.85. The number of hydrogen-bond donors (Lipinski definition) is 1. The first-order chi connectivity index (χ1) is 11.1. The summed E-state index contributed by atoms with van der Waals surface area (Å²) in [5, 5.41) is 6.29. The van der Waals surface area contributed by atoms with E-state index < -0.39 is 0 Å². The van der Waals surface area contributed by atoms with Crippen LogP contribution < -0.4 is 5.32 Å². The van der Waals surface area contributed by atoms with E-state index in [2.05, 4.69) is 5.32 Å². The molecule has 0 unspecified atom stereocenters. The number of benzene rings is 3. The Bertz CT molecular complexity index is 856. The van der Waals surface area contributed by atoms with E-state index in [0.717, 1.165) is 21.9 Å². The summed E-state index contributed by atoms with van der Waals surface area (Å²) in [5.41, 5.74) is 1.87. The Hall–Kier alpha value is -2.03. The van der Waals surface area contributed by atoms with Gasteiger partial charge in [0.15, 0.2) is 0 Å². The van der Waals surface area contributed by atoms with E-state index in [4.69, 9.17) is 23.2 Å². The molecule has 0 saturated carbocycles. The third kappa shape index (κ3) is 3.84. The summed E-state index contributed by atoms with van der Waals surface area (Å²) in [6, 6.07) is 19.3. The topological polar surface area (TPSA) is 29.1 Å². The predicted octanol–water partition coefficient (Wildman–Crippen LogP) is 5.01. The van der Waals surface area contributed by atoms with Gasteiger partial charge in [-0.1, -0.05) is 71.7 Å². The van der Waals surface area contributed by atoms with Gasteiger partial charge in [0, 0.05) is 16.6 Å². The number of fused-ring (bicyclic) bond motifs is 1. The molecule has 1 amide bonds. The monoisotopic (exact) mass is 343 g/mol. The van der Waals surface area contributed by atoms with Gasteiger partial charge in [0.25, 0.3) is 0 Å². The smallest absolute Gasteiger partial charge is 0.224 e. The number of nitrogens with one attached hydrogen (secondary N) is 1. The van der Waals surface area contributed by atoms with Crippen LogP contribution in [0.1, 0.15) is 11.1 Å². The zero-order valence-corrected chi connectivity index (χ0v) is 13.9. The highest BCUT2D eigenvalue weighted by Gasteiger charge is 2.08. The van der Waals surface area contributed by atoms with Gasteiger partial charge in [0.1, 0.15) is 0 Å². The van der Waals surface area contributed by atoms with Crippen LogP contribution in [0, 0.1) is 0 Å². The van der Waals surface area contributed by atoms with Gasteiger partial charge in [-0.25, -0.2) is 0 Å². The number of rotatable bonds is 4. The molecule has 0 spiro atoms. The molecule has 116 valence electrons. The molecular weight excluding hydrogens is 329 g/mol. The van der Waals surface area contributed by atoms with Crippen LogP contribution in [0.15, 0.2) is 60.7 Å². The Morgan fingerprint density at radius 3 is 2.52 bits per heavy atom. The molecule has 0 bridgehead atoms. The molecule has 0 aliphatic rings. The minimum Gasteiger partial charge on any atom is -0.352 e. The average Bonchev–Trinajstić information content (AvgIpc) is 2.54. The van der Waals surface area contributed by atoms with Crippen molar-refractivity contribution in [1.29, 1.82) is 0 Å². The molecule has 0 heterocycles. The molecule has 0 aliphatic carbocycles. The van der Waals surface area contributed by atoms with Crippen LogP contribution in [-0.4, -0.2) is 5.91 Å². The number of carbonyl (C=O) groups is 1. The molecule has 3 rings (SSSR count). The van der Waals surface area contributed by atoms with Crippen LogP contribution in [0.4, 0.5) is 0 Å². The minimum absolute atomic E-state index is 0.0348. The standard InChI is InChI=1S/C19H15Cl2NO/c20-16-9-8-15(18(21)11-16)12-22-19(23)10-14-6-3-5-13-4-1-2-7-17(13)14/h1-9,11H,10,12H2,(H,22,23). The summed E-state index contributed by atoms with van der Waals surface area (Å²) >= 11 is 12.0. The normalized spacial score (nSPS) is 10.7. The van der Waals surface area contributed by atoms with E-state index in [-0.39, 0.29) is 5.91 Å². The van der Waals surface area contributed by atoms with Gasteiger partial charge in [-0.15, -0.1) is 0 Å². The molecule has 0 saturated heterocycles. The molecule has 0 aromatic heterocycles. The van der Waals surface area contributed by atoms with Crippen molar-refractivity contribution < 1.29 is 4.79 Å².